The van der Waals surface area contributed by atoms with Crippen LogP contribution in [-0.2, 0) is 0 Å². The average molecular weight is 109 g/mol. The lowest BCUT2D eigenvalue weighted by atomic mass is 10.7. The number of hydrogen-bond donors (Lipinski definition) is 0. The Morgan fingerprint density at radius 1 is 1.33 bits per heavy atom. The van der Waals surface area contributed by atoms with Crippen molar-refractivity contribution in [3.05, 3.63) is 23.5 Å². The fourth-order valence-electron chi connectivity index (χ4n) is 0.342. The zero-order chi connectivity index (χ0) is 4.24. The van der Waals surface area contributed by atoms with Crippen LogP contribution < -0.4 is 0 Å². The van der Waals surface area contributed by atoms with Crippen molar-refractivity contribution in [1.29, 1.82) is 0 Å². The van der Waals surface area contributed by atoms with Gasteiger partial charge in [0.25, 0.3) is 0 Å². The summed E-state index contributed by atoms with van der Waals surface area (Å²) in [6, 6.07) is 4.25. The smallest absolute Gasteiger partial charge is 0.0733 e. The first-order valence-electron chi connectivity index (χ1n) is 1.91. The first-order chi connectivity index (χ1) is 3.00. The van der Waals surface area contributed by atoms with Gasteiger partial charge in [-0.3, -0.25) is 5.68 Å². The summed E-state index contributed by atoms with van der Waals surface area (Å²) < 4.78 is 0. The second kappa shape index (κ2) is 2.15. The maximum atomic E-state index is 2.28. The van der Waals surface area contributed by atoms with Gasteiger partial charge in [0, 0.05) is 0 Å². The lowest BCUT2D eigenvalue weighted by molar-refractivity contribution is 1.96. The van der Waals surface area contributed by atoms with Crippen molar-refractivity contribution >= 4 is 17.2 Å². The van der Waals surface area contributed by atoms with Gasteiger partial charge in [0.05, 0.1) is 0 Å². The fraction of sp³-hybridized carbons (Fsp3) is 0. The molecule has 0 aliphatic heterocycles. The predicted octanol–water partition coefficient (Wildman–Crippen LogP) is 0.0951. The van der Waals surface area contributed by atoms with Crippen LogP contribution in [-0.4, -0.2) is 17.2 Å². The van der Waals surface area contributed by atoms with Crippen molar-refractivity contribution < 1.29 is 0 Å². The summed E-state index contributed by atoms with van der Waals surface area (Å²) in [5.74, 6) is 0. The van der Waals surface area contributed by atoms with Crippen molar-refractivity contribution in [2.24, 2.45) is 0 Å². The first-order valence-corrected chi connectivity index (χ1v) is 5.46. The van der Waals surface area contributed by atoms with E-state index in [0.29, 0.717) is 8.62 Å². The first kappa shape index (κ1) is 4.08. The maximum absolute atomic E-state index is 2.28. The van der Waals surface area contributed by atoms with E-state index in [2.05, 4.69) is 23.5 Å². The molecule has 0 amide bonds. The molecule has 1 aromatic heterocycles. The van der Waals surface area contributed by atoms with E-state index >= 15 is 0 Å². The predicted molar refractivity (Wildman–Crippen MR) is 30.5 cm³/mol. The van der Waals surface area contributed by atoms with Gasteiger partial charge < -0.3 is 8.62 Å². The van der Waals surface area contributed by atoms with Gasteiger partial charge in [-0.2, -0.15) is 8.62 Å². The van der Waals surface area contributed by atoms with E-state index in [9.17, 15) is 0 Å². The van der Waals surface area contributed by atoms with E-state index in [1.165, 1.54) is 0 Å². The van der Waals surface area contributed by atoms with Crippen LogP contribution >= 0.6 is 0 Å². The van der Waals surface area contributed by atoms with Gasteiger partial charge in [-0.05, 0) is 0 Å². The van der Waals surface area contributed by atoms with Crippen molar-refractivity contribution in [3.8, 4) is 0 Å². The van der Waals surface area contributed by atoms with Crippen LogP contribution in [0.15, 0.2) is 23.5 Å². The normalized spacial score (nSPS) is 8.00. The molecule has 0 aliphatic rings. The molecule has 0 atom stereocenters. The highest BCUT2D eigenvalue weighted by atomic mass is 28.9. The van der Waals surface area contributed by atoms with E-state index in [4.69, 9.17) is 0 Å². The molecule has 0 aromatic carbocycles. The van der Waals surface area contributed by atoms with E-state index in [1.54, 1.807) is 0 Å². The molecule has 0 fully saturated rings. The molecule has 30 valence electrons. The summed E-state index contributed by atoms with van der Waals surface area (Å²) in [7, 11) is 1.78. The van der Waals surface area contributed by atoms with Gasteiger partial charge in [-0.15, -0.1) is 11.7 Å². The Balaban J connectivity index is 3.00. The molecule has 0 N–H and O–H groups in total. The molecule has 0 bridgehead atoms. The molecule has 2 heteroatoms. The summed E-state index contributed by atoms with van der Waals surface area (Å²) in [6.07, 6.45) is 0. The summed E-state index contributed by atoms with van der Waals surface area (Å²) in [5.41, 5.74) is 4.52. The minimum Gasteiger partial charge on any atom is -0.429 e. The molecule has 0 saturated heterocycles. The summed E-state index contributed by atoms with van der Waals surface area (Å²) in [5, 5.41) is 0. The minimum absolute atomic E-state index is 0.666. The molecule has 1 heterocycles. The van der Waals surface area contributed by atoms with Gasteiger partial charge in [-0.25, -0.2) is 0 Å². The lowest BCUT2D eigenvalue weighted by Crippen LogP contribution is -1.73. The average Bonchev–Trinajstić information content (AvgIpc) is 1.72. The minimum atomic E-state index is 0.666. The fourth-order valence-corrected chi connectivity index (χ4v) is 2.36. The van der Waals surface area contributed by atoms with Crippen LogP contribution in [0.25, 0.3) is 0 Å². The van der Waals surface area contributed by atoms with E-state index in [-0.39, 0.29) is 0 Å². The SMILES string of the molecule is c1cc[siH][si-]c1. The number of hydrogen-bond acceptors (Lipinski definition) is 0. The van der Waals surface area contributed by atoms with Crippen LogP contribution in [0.2, 0.25) is 0 Å². The molecule has 0 nitrogen and oxygen atoms in total. The summed E-state index contributed by atoms with van der Waals surface area (Å²) in [4.78, 5) is 0. The molecule has 1 rings (SSSR count). The van der Waals surface area contributed by atoms with Crippen molar-refractivity contribution in [2.75, 3.05) is 0 Å². The standard InChI is InChI=1S/C4H5Si2/c1-2-4-6-5-3-1/h1-5H/q-1. The second-order valence-corrected chi connectivity index (χ2v) is 4.46. The van der Waals surface area contributed by atoms with Crippen LogP contribution in [0.1, 0.15) is 0 Å². The Morgan fingerprint density at radius 3 is 2.50 bits per heavy atom. The third kappa shape index (κ3) is 0.950. The molecule has 0 spiro atoms. The third-order valence-corrected chi connectivity index (χ3v) is 3.33. The van der Waals surface area contributed by atoms with Crippen LogP contribution in [0, 0.1) is 0 Å². The van der Waals surface area contributed by atoms with E-state index in [0.717, 1.165) is 8.62 Å². The van der Waals surface area contributed by atoms with Gasteiger partial charge in [-0.1, -0.05) is 6.07 Å². The van der Waals surface area contributed by atoms with Crippen LogP contribution in [0.4, 0.5) is 0 Å². The topological polar surface area (TPSA) is 0 Å². The van der Waals surface area contributed by atoms with Crippen LogP contribution in [0.3, 0.4) is 0 Å². The van der Waals surface area contributed by atoms with Gasteiger partial charge in [0.1, 0.15) is 0 Å². The maximum Gasteiger partial charge on any atom is -0.0733 e. The van der Waals surface area contributed by atoms with Gasteiger partial charge in [0.15, 0.2) is 0 Å². The Morgan fingerprint density at radius 2 is 2.33 bits per heavy atom. The third-order valence-electron chi connectivity index (χ3n) is 0.607. The van der Waals surface area contributed by atoms with Crippen molar-refractivity contribution in [2.45, 2.75) is 0 Å². The molecular formula is C4H5Si2-. The van der Waals surface area contributed by atoms with E-state index in [1.807, 2.05) is 0 Å². The summed E-state index contributed by atoms with van der Waals surface area (Å²) >= 11 is 0. The highest BCUT2D eigenvalue weighted by molar-refractivity contribution is 6.78. The zero-order valence-corrected chi connectivity index (χ0v) is 5.54. The second-order valence-electron chi connectivity index (χ2n) is 1.08. The Bertz CT molecular complexity index is 77.5. The molecule has 6 heavy (non-hydrogen) atoms. The monoisotopic (exact) mass is 109 g/mol. The lowest BCUT2D eigenvalue weighted by Gasteiger charge is -1.85. The van der Waals surface area contributed by atoms with Gasteiger partial charge in [0.2, 0.25) is 0 Å². The Kier molecular flexibility index (Phi) is 1.46. The quantitative estimate of drug-likeness (QED) is 0.414. The highest BCUT2D eigenvalue weighted by Gasteiger charge is 1.45. The zero-order valence-electron chi connectivity index (χ0n) is 3.39. The highest BCUT2D eigenvalue weighted by Crippen LogP contribution is 1.67. The molecule has 0 radical (unpaired) electrons. The molecule has 0 aliphatic carbocycles. The molecular weight excluding hydrogens is 104 g/mol. The van der Waals surface area contributed by atoms with Gasteiger partial charge >= 0.3 is 0 Å². The molecule has 0 saturated carbocycles. The number of rotatable bonds is 0. The Labute approximate surface area is 41.5 Å². The summed E-state index contributed by atoms with van der Waals surface area (Å²) in [6.45, 7) is 0. The Hall–Kier alpha value is -0.0862. The van der Waals surface area contributed by atoms with Crippen molar-refractivity contribution in [3.63, 3.8) is 0 Å². The van der Waals surface area contributed by atoms with E-state index < -0.39 is 0 Å². The molecule has 0 unspecified atom stereocenters. The molecule has 1 aromatic rings. The van der Waals surface area contributed by atoms with Crippen LogP contribution in [0.5, 0.6) is 0 Å². The van der Waals surface area contributed by atoms with Crippen molar-refractivity contribution in [1.82, 2.24) is 0 Å². The largest absolute Gasteiger partial charge is 0.429 e.